The van der Waals surface area contributed by atoms with Gasteiger partial charge in [-0.25, -0.2) is 14.5 Å². The van der Waals surface area contributed by atoms with Crippen LogP contribution in [0.3, 0.4) is 0 Å². The van der Waals surface area contributed by atoms with Gasteiger partial charge < -0.3 is 19.5 Å². The van der Waals surface area contributed by atoms with E-state index in [0.717, 1.165) is 24.8 Å². The summed E-state index contributed by atoms with van der Waals surface area (Å²) in [5.41, 5.74) is 0.788. The molecule has 2 aliphatic heterocycles. The van der Waals surface area contributed by atoms with Crippen LogP contribution in [0.1, 0.15) is 51.2 Å². The second-order valence-electron chi connectivity index (χ2n) is 7.35. The van der Waals surface area contributed by atoms with Crippen LogP contribution >= 0.6 is 0 Å². The Labute approximate surface area is 152 Å². The summed E-state index contributed by atoms with van der Waals surface area (Å²) in [6.07, 6.45) is 3.23. The molecular formula is C19H24N2O5. The normalized spacial score (nSPS) is 30.2. The molecule has 140 valence electrons. The maximum Gasteiger partial charge on any atom is 0.419 e. The minimum Gasteiger partial charge on any atom is -0.454 e. The highest BCUT2D eigenvalue weighted by Gasteiger charge is 2.44. The van der Waals surface area contributed by atoms with Gasteiger partial charge in [-0.2, -0.15) is 0 Å². The number of hydrogen-bond acceptors (Lipinski definition) is 5. The average molecular weight is 360 g/mol. The van der Waals surface area contributed by atoms with E-state index >= 15 is 0 Å². The first-order chi connectivity index (χ1) is 12.5. The highest BCUT2D eigenvalue weighted by atomic mass is 16.7. The van der Waals surface area contributed by atoms with Crippen molar-refractivity contribution in [3.63, 3.8) is 0 Å². The van der Waals surface area contributed by atoms with Gasteiger partial charge in [-0.3, -0.25) is 0 Å². The summed E-state index contributed by atoms with van der Waals surface area (Å²) in [4.78, 5) is 26.3. The van der Waals surface area contributed by atoms with Crippen molar-refractivity contribution in [1.29, 1.82) is 0 Å². The molecule has 4 rings (SSSR count). The van der Waals surface area contributed by atoms with E-state index in [9.17, 15) is 9.59 Å². The molecule has 26 heavy (non-hydrogen) atoms. The summed E-state index contributed by atoms with van der Waals surface area (Å²) in [6.45, 7) is 4.15. The number of benzene rings is 1. The van der Waals surface area contributed by atoms with Gasteiger partial charge in [0.1, 0.15) is 6.10 Å². The molecule has 1 saturated carbocycles. The Morgan fingerprint density at radius 1 is 1.15 bits per heavy atom. The third kappa shape index (κ3) is 2.95. The summed E-state index contributed by atoms with van der Waals surface area (Å²) >= 11 is 0. The van der Waals surface area contributed by atoms with E-state index in [1.807, 2.05) is 13.0 Å². The topological polar surface area (TPSA) is 77.1 Å². The molecule has 3 aliphatic rings. The predicted octanol–water partition coefficient (Wildman–Crippen LogP) is 3.59. The van der Waals surface area contributed by atoms with Crippen LogP contribution < -0.4 is 14.8 Å². The van der Waals surface area contributed by atoms with Gasteiger partial charge in [-0.1, -0.05) is 25.8 Å². The largest absolute Gasteiger partial charge is 0.454 e. The van der Waals surface area contributed by atoms with E-state index < -0.39 is 18.2 Å². The highest BCUT2D eigenvalue weighted by Crippen LogP contribution is 2.39. The van der Waals surface area contributed by atoms with Crippen molar-refractivity contribution in [2.45, 2.75) is 57.7 Å². The van der Waals surface area contributed by atoms with Crippen LogP contribution in [0, 0.1) is 5.92 Å². The van der Waals surface area contributed by atoms with E-state index in [-0.39, 0.29) is 18.9 Å². The van der Waals surface area contributed by atoms with Crippen molar-refractivity contribution in [2.75, 3.05) is 6.79 Å². The fraction of sp³-hybridized carbons (Fsp3) is 0.579. The molecule has 3 amide bonds. The van der Waals surface area contributed by atoms with Crippen LogP contribution in [0.5, 0.6) is 11.5 Å². The third-order valence-electron chi connectivity index (χ3n) is 5.63. The Hall–Kier alpha value is -2.44. The molecule has 2 unspecified atom stereocenters. The number of hydrogen-bond donors (Lipinski definition) is 1. The first-order valence-electron chi connectivity index (χ1n) is 9.24. The van der Waals surface area contributed by atoms with Gasteiger partial charge in [-0.15, -0.1) is 0 Å². The molecule has 0 spiro atoms. The number of carbonyl (C=O) groups is 2. The Morgan fingerprint density at radius 2 is 1.92 bits per heavy atom. The molecule has 0 radical (unpaired) electrons. The van der Waals surface area contributed by atoms with Crippen LogP contribution in [-0.4, -0.2) is 35.9 Å². The molecule has 1 aromatic rings. The Bertz CT molecular complexity index is 722. The van der Waals surface area contributed by atoms with Gasteiger partial charge in [0, 0.05) is 6.04 Å². The fourth-order valence-corrected chi connectivity index (χ4v) is 4.03. The average Bonchev–Trinajstić information content (AvgIpc) is 3.20. The van der Waals surface area contributed by atoms with Crippen molar-refractivity contribution in [2.24, 2.45) is 5.92 Å². The van der Waals surface area contributed by atoms with E-state index in [1.165, 1.54) is 11.3 Å². The van der Waals surface area contributed by atoms with E-state index in [4.69, 9.17) is 14.2 Å². The van der Waals surface area contributed by atoms with Crippen LogP contribution in [-0.2, 0) is 4.74 Å². The van der Waals surface area contributed by atoms with Crippen molar-refractivity contribution < 1.29 is 23.8 Å². The van der Waals surface area contributed by atoms with Gasteiger partial charge in [-0.05, 0) is 43.4 Å². The summed E-state index contributed by atoms with van der Waals surface area (Å²) in [7, 11) is 0. The van der Waals surface area contributed by atoms with Gasteiger partial charge in [0.25, 0.3) is 0 Å². The smallest absolute Gasteiger partial charge is 0.419 e. The molecule has 2 heterocycles. The minimum absolute atomic E-state index is 0.112. The molecule has 1 N–H and O–H groups in total. The maximum atomic E-state index is 12.7. The zero-order valence-electron chi connectivity index (χ0n) is 15.1. The monoisotopic (exact) mass is 360 g/mol. The number of nitrogens with one attached hydrogen (secondary N) is 1. The lowest BCUT2D eigenvalue weighted by Gasteiger charge is -2.31. The number of cyclic esters (lactones) is 1. The number of urea groups is 1. The summed E-state index contributed by atoms with van der Waals surface area (Å²) < 4.78 is 16.2. The van der Waals surface area contributed by atoms with Gasteiger partial charge in [0.2, 0.25) is 6.79 Å². The lowest BCUT2D eigenvalue weighted by atomic mass is 9.86. The van der Waals surface area contributed by atoms with Crippen LogP contribution in [0.4, 0.5) is 9.59 Å². The molecule has 7 heteroatoms. The van der Waals surface area contributed by atoms with Crippen LogP contribution in [0.2, 0.25) is 0 Å². The Morgan fingerprint density at radius 3 is 2.73 bits per heavy atom. The zero-order chi connectivity index (χ0) is 18.3. The number of carbonyl (C=O) groups excluding carboxylic acids is 2. The molecule has 0 aromatic heterocycles. The molecule has 1 aliphatic carbocycles. The summed E-state index contributed by atoms with van der Waals surface area (Å²) in [5.74, 6) is 1.72. The van der Waals surface area contributed by atoms with Crippen LogP contribution in [0.15, 0.2) is 18.2 Å². The van der Waals surface area contributed by atoms with E-state index in [0.29, 0.717) is 17.4 Å². The SMILES string of the molecule is CC1CCCCC1NC(=O)N1C(=O)O[C@H](c2ccc3c(c2)OCO3)[C@H]1C. The lowest BCUT2D eigenvalue weighted by Crippen LogP contribution is -2.50. The molecule has 1 aromatic carbocycles. The first kappa shape index (κ1) is 17.0. The zero-order valence-corrected chi connectivity index (χ0v) is 15.1. The second-order valence-corrected chi connectivity index (χ2v) is 7.35. The van der Waals surface area contributed by atoms with Gasteiger partial charge >= 0.3 is 12.1 Å². The molecular weight excluding hydrogens is 336 g/mol. The minimum atomic E-state index is -0.610. The summed E-state index contributed by atoms with van der Waals surface area (Å²) in [6, 6.07) is 4.78. The molecule has 1 saturated heterocycles. The number of ether oxygens (including phenoxy) is 3. The van der Waals surface area contributed by atoms with E-state index in [1.54, 1.807) is 12.1 Å². The first-order valence-corrected chi connectivity index (χ1v) is 9.24. The van der Waals surface area contributed by atoms with Crippen molar-refractivity contribution in [3.05, 3.63) is 23.8 Å². The van der Waals surface area contributed by atoms with Crippen molar-refractivity contribution >= 4 is 12.1 Å². The van der Waals surface area contributed by atoms with Gasteiger partial charge in [0.05, 0.1) is 6.04 Å². The lowest BCUT2D eigenvalue weighted by molar-refractivity contribution is 0.130. The van der Waals surface area contributed by atoms with Gasteiger partial charge in [0.15, 0.2) is 11.5 Å². The number of nitrogens with zero attached hydrogens (tertiary/aromatic N) is 1. The van der Waals surface area contributed by atoms with Crippen molar-refractivity contribution in [1.82, 2.24) is 10.2 Å². The Balaban J connectivity index is 1.48. The number of fused-ring (bicyclic) bond motifs is 1. The third-order valence-corrected chi connectivity index (χ3v) is 5.63. The fourth-order valence-electron chi connectivity index (χ4n) is 4.03. The van der Waals surface area contributed by atoms with E-state index in [2.05, 4.69) is 12.2 Å². The number of imide groups is 1. The molecule has 4 atom stereocenters. The predicted molar refractivity (Wildman–Crippen MR) is 93.0 cm³/mol. The molecule has 7 nitrogen and oxygen atoms in total. The quantitative estimate of drug-likeness (QED) is 0.872. The summed E-state index contributed by atoms with van der Waals surface area (Å²) in [5, 5.41) is 3.03. The number of amides is 3. The second kappa shape index (κ2) is 6.70. The van der Waals surface area contributed by atoms with Crippen LogP contribution in [0.25, 0.3) is 0 Å². The number of rotatable bonds is 2. The molecule has 0 bridgehead atoms. The standard InChI is InChI=1S/C19H24N2O5/c1-11-5-3-4-6-14(11)20-18(22)21-12(2)17(26-19(21)23)13-7-8-15-16(9-13)25-10-24-15/h7-9,11-12,14,17H,3-6,10H2,1-2H3,(H,20,22)/t11?,12-,14?,17+/m1/s1. The maximum absolute atomic E-state index is 12.7. The molecule has 2 fully saturated rings. The Kier molecular flexibility index (Phi) is 4.38. The van der Waals surface area contributed by atoms with Crippen molar-refractivity contribution in [3.8, 4) is 11.5 Å². The highest BCUT2D eigenvalue weighted by molar-refractivity contribution is 5.93.